The Morgan fingerprint density at radius 2 is 0.493 bits per heavy atom. The first kappa shape index (κ1) is 109. The number of amides is 6. The van der Waals surface area contributed by atoms with Gasteiger partial charge in [-0.25, -0.2) is 0 Å². The monoisotopic (exact) mass is 1840 g/mol. The van der Waals surface area contributed by atoms with Gasteiger partial charge < -0.3 is 43.6 Å². The topological polar surface area (TPSA) is 218 Å². The molecule has 3 aliphatic carbocycles. The van der Waals surface area contributed by atoms with Gasteiger partial charge in [-0.15, -0.1) is 12.8 Å². The van der Waals surface area contributed by atoms with E-state index in [1.807, 2.05) is 20.8 Å². The number of carbonyl (C=O) groups excluding carboxylic acids is 10. The van der Waals surface area contributed by atoms with Crippen LogP contribution in [0.2, 0.25) is 0 Å². The number of hydrogen-bond acceptors (Lipinski definition) is 13. The molecule has 6 unspecified atom stereocenters. The van der Waals surface area contributed by atoms with E-state index in [0.29, 0.717) is 144 Å². The molecule has 6 amide bonds. The number of carbonyl (C=O) groups is 10. The highest BCUT2D eigenvalue weighted by molar-refractivity contribution is 5.92. The van der Waals surface area contributed by atoms with E-state index in [-0.39, 0.29) is 70.9 Å². The van der Waals surface area contributed by atoms with Gasteiger partial charge in [0.1, 0.15) is 12.2 Å². The highest BCUT2D eigenvalue weighted by atomic mass is 16.5. The van der Waals surface area contributed by atoms with Crippen LogP contribution in [0.5, 0.6) is 0 Å². The number of ketones is 1. The van der Waals surface area contributed by atoms with Crippen molar-refractivity contribution in [2.75, 3.05) is 6.61 Å². The molecule has 6 atom stereocenters. The fourth-order valence-corrected chi connectivity index (χ4v) is 15.6. The van der Waals surface area contributed by atoms with Gasteiger partial charge in [-0.05, 0) is 342 Å². The molecule has 3 aromatic rings. The third kappa shape index (κ3) is 37.0. The Bertz CT molecular complexity index is 6770. The van der Waals surface area contributed by atoms with Crippen LogP contribution < -0.4 is 0 Å². The smallest absolute Gasteiger partial charge is 0.324 e. The number of esters is 3. The molecule has 0 N–H and O–H groups in total. The van der Waals surface area contributed by atoms with Crippen molar-refractivity contribution in [2.24, 2.45) is 0 Å². The highest BCUT2D eigenvalue weighted by Gasteiger charge is 2.43. The predicted octanol–water partition coefficient (Wildman–Crippen LogP) is 10.3. The Kier molecular flexibility index (Phi) is 48.5. The number of allylic oxidation sites excluding steroid dienone is 1. The molecule has 0 saturated heterocycles. The van der Waals surface area contributed by atoms with Crippen molar-refractivity contribution in [3.63, 3.8) is 0 Å². The predicted molar refractivity (Wildman–Crippen MR) is 538 cm³/mol. The molecule has 6 bridgehead atoms. The summed E-state index contributed by atoms with van der Waals surface area (Å²) in [6.07, 6.45) is 28.4. The van der Waals surface area contributed by atoms with Crippen LogP contribution >= 0.6 is 0 Å². The summed E-state index contributed by atoms with van der Waals surface area (Å²) in [6.45, 7) is 34.7. The minimum absolute atomic E-state index is 0.0185. The largest absolute Gasteiger partial charge is 0.452 e. The van der Waals surface area contributed by atoms with E-state index in [4.69, 9.17) is 27.1 Å². The van der Waals surface area contributed by atoms with Crippen molar-refractivity contribution < 1.29 is 62.2 Å². The van der Waals surface area contributed by atoms with Gasteiger partial charge in [0.15, 0.2) is 12.4 Å². The van der Waals surface area contributed by atoms with Gasteiger partial charge in [0, 0.05) is 122 Å². The molecule has 3 fully saturated rings. The van der Waals surface area contributed by atoms with Crippen LogP contribution in [0.1, 0.15) is 158 Å². The van der Waals surface area contributed by atoms with E-state index in [9.17, 15) is 19.2 Å². The third-order valence-electron chi connectivity index (χ3n) is 21.9. The van der Waals surface area contributed by atoms with Crippen molar-refractivity contribution in [2.45, 2.75) is 206 Å². The molecule has 3 saturated carbocycles. The molecule has 140 heavy (non-hydrogen) atoms. The van der Waals surface area contributed by atoms with E-state index in [0.717, 1.165) is 0 Å². The standard InChI is InChI=1S/C117H88N6O12.C4H6O/c1-13-22-25-28-31-34-37-40-43-46-49-52-55-64-73-133-115(130)82-94-76-97-85-118(109(124)16-4)103-67-58-60-69-105(103)120(111(126)18-6)87-99-78-95(83-116(131)134-74-65-56-53-50-47-44-41-38-35-32-29-26-23-14-2)80-101(92(99)11)89-122(113(128)20-8)107-71-62-63-72-108(107)123(114(129)21-9)90-102-81-96(84-117(132)135-75-66-57-54-51-48-45-42-39-36-33-30-27-24-15-3)79-100(93(102)12)88-121(112(127)19-7)106-70-61-59-68-104(106)119(110(125)17-5)86-98(77-94)91(97)10;1-3-4(2)5/h1-2,16-21,76-81,103-108H,4-9,58-63,67-72,75,82-90H2,3,10-12H3;3H,1H2,2H3. The zero-order chi connectivity index (χ0) is 102. The number of ether oxygens (including phenoxy) is 3. The summed E-state index contributed by atoms with van der Waals surface area (Å²) < 4.78 is 16.6. The maximum atomic E-state index is 15.2. The number of benzene rings is 3. The number of terminal acetylenes is 2. The maximum Gasteiger partial charge on any atom is 0.324 e. The lowest BCUT2D eigenvalue weighted by molar-refractivity contribution is -0.141. The number of rotatable bonds is 14. The van der Waals surface area contributed by atoms with Crippen molar-refractivity contribution in [3.8, 4) is 274 Å². The van der Waals surface area contributed by atoms with Crippen LogP contribution in [0.4, 0.5) is 0 Å². The highest BCUT2D eigenvalue weighted by Crippen LogP contribution is 2.38. The van der Waals surface area contributed by atoms with Crippen molar-refractivity contribution >= 4 is 59.1 Å². The molecule has 7 rings (SSSR count). The molecular weight excluding hydrogens is 1750 g/mol. The van der Waals surface area contributed by atoms with Crippen LogP contribution in [0.15, 0.2) is 125 Å². The van der Waals surface area contributed by atoms with Crippen molar-refractivity contribution in [1.29, 1.82) is 0 Å². The van der Waals surface area contributed by atoms with E-state index >= 15 is 28.8 Å². The van der Waals surface area contributed by atoms with Gasteiger partial charge in [-0.3, -0.25) is 47.9 Å². The molecule has 0 spiro atoms. The first-order valence-electron chi connectivity index (χ1n) is 43.9. The fraction of sp³-hybridized carbons (Fsp3) is 0.273. The molecule has 686 valence electrons. The first-order valence-corrected chi connectivity index (χ1v) is 43.9. The SMILES string of the molecule is C#CC#CC#CC#CC#CC#CC#CC#COC(=O)Cc1cc2c(C)c(c1)CN(C(=O)C=C)C1CCCCC1N(C(=O)C=C)Cc1cc(CC(=O)OCC#CC#CC#CC#CC#CC#CC#CC)cc(c1C)CN(C(=O)C=C)C1CCCCC1N(C(=O)C=C)Cc1cc(CC(=O)OC#CC#CC#CC#CC#CC#CC#CC#C)cc(c1C)CN(C(=O)C=C)C1CCCCC1N(C(=O)C=C)C2.C=CC(C)=O. The Morgan fingerprint density at radius 3 is 0.693 bits per heavy atom. The Hall–Kier alpha value is -19.4. The lowest BCUT2D eigenvalue weighted by Gasteiger charge is -2.45. The molecule has 1 aliphatic heterocycles. The first-order chi connectivity index (χ1) is 67.9. The summed E-state index contributed by atoms with van der Waals surface area (Å²) in [7, 11) is 0. The van der Waals surface area contributed by atoms with Crippen molar-refractivity contribution in [3.05, 3.63) is 192 Å². The maximum absolute atomic E-state index is 15.2. The molecule has 19 heteroatoms. The summed E-state index contributed by atoms with van der Waals surface area (Å²) in [5.41, 5.74) is 6.34. The minimum atomic E-state index is -0.799. The normalized spacial score (nSPS) is 15.0. The number of nitrogens with zero attached hydrogens (tertiary/aromatic N) is 6. The molecule has 0 aromatic heterocycles. The van der Waals surface area contributed by atoms with E-state index in [1.165, 1.54) is 49.5 Å². The van der Waals surface area contributed by atoms with Gasteiger partial charge in [-0.2, -0.15) is 0 Å². The Labute approximate surface area is 824 Å². The summed E-state index contributed by atoms with van der Waals surface area (Å²) in [4.78, 5) is 153. The average Bonchev–Trinajstić information content (AvgIpc) is 0.869. The Morgan fingerprint density at radius 1 is 0.300 bits per heavy atom. The van der Waals surface area contributed by atoms with Gasteiger partial charge in [0.05, 0.1) is 55.5 Å². The van der Waals surface area contributed by atoms with Crippen LogP contribution in [-0.2, 0) is 121 Å². The van der Waals surface area contributed by atoms with E-state index in [2.05, 4.69) is 307 Å². The molecule has 1 heterocycles. The van der Waals surface area contributed by atoms with Crippen molar-refractivity contribution in [1.82, 2.24) is 29.4 Å². The molecule has 3 aromatic carbocycles. The summed E-state index contributed by atoms with van der Waals surface area (Å²) in [5.74, 6) is 99.7. The number of hydrogen-bond donors (Lipinski definition) is 0. The third-order valence-corrected chi connectivity index (χ3v) is 21.9. The van der Waals surface area contributed by atoms with Crippen LogP contribution in [0.25, 0.3) is 0 Å². The Balaban J connectivity index is 0.00000585. The van der Waals surface area contributed by atoms with Crippen LogP contribution in [-0.4, -0.2) is 131 Å². The van der Waals surface area contributed by atoms with Gasteiger partial charge in [0.2, 0.25) is 35.4 Å². The number of fused-ring (bicyclic) bond motifs is 9. The summed E-state index contributed by atoms with van der Waals surface area (Å²) >= 11 is 0. The fourth-order valence-electron chi connectivity index (χ4n) is 15.6. The zero-order valence-electron chi connectivity index (χ0n) is 78.6. The molecule has 19 nitrogen and oxygen atoms in total. The molecular formula is C121H94N6O13. The molecule has 4 aliphatic rings. The minimum Gasteiger partial charge on any atom is -0.452 e. The quantitative estimate of drug-likeness (QED) is 0.0636. The lowest BCUT2D eigenvalue weighted by Crippen LogP contribution is -2.56. The zero-order valence-corrected chi connectivity index (χ0v) is 78.6. The van der Waals surface area contributed by atoms with E-state index in [1.54, 1.807) is 72.7 Å². The average molecular weight is 1840 g/mol. The lowest BCUT2D eigenvalue weighted by atomic mass is 9.85. The molecule has 0 radical (unpaired) electrons. The van der Waals surface area contributed by atoms with Gasteiger partial charge in [-0.1, -0.05) is 127 Å². The van der Waals surface area contributed by atoms with Crippen LogP contribution in [0.3, 0.4) is 0 Å². The summed E-state index contributed by atoms with van der Waals surface area (Å²) in [5, 5.41) is 0. The van der Waals surface area contributed by atoms with Gasteiger partial charge >= 0.3 is 17.9 Å². The summed E-state index contributed by atoms with van der Waals surface area (Å²) in [6, 6.07) is 6.35. The second-order valence-electron chi connectivity index (χ2n) is 30.5. The van der Waals surface area contributed by atoms with Crippen LogP contribution in [0, 0.1) is 294 Å². The second kappa shape index (κ2) is 62.1. The van der Waals surface area contributed by atoms with E-state index < -0.39 is 89.6 Å². The van der Waals surface area contributed by atoms with Gasteiger partial charge in [0.25, 0.3) is 0 Å². The second-order valence-corrected chi connectivity index (χ2v) is 30.5.